The van der Waals surface area contributed by atoms with Gasteiger partial charge in [0.25, 0.3) is 5.91 Å². The number of likely N-dealkylation sites (N-methyl/N-ethyl adjacent to an activating group) is 1. The predicted molar refractivity (Wildman–Crippen MR) is 260 cm³/mol. The molecule has 69 heavy (non-hydrogen) atoms. The van der Waals surface area contributed by atoms with Crippen molar-refractivity contribution in [3.8, 4) is 28.1 Å². The van der Waals surface area contributed by atoms with Gasteiger partial charge >= 0.3 is 5.97 Å². The number of cyclic esters (lactones) is 1. The van der Waals surface area contributed by atoms with Crippen molar-refractivity contribution in [2.45, 2.75) is 122 Å². The zero-order valence-electron chi connectivity index (χ0n) is 40.9. The molecule has 6 bridgehead atoms. The van der Waals surface area contributed by atoms with Crippen LogP contribution in [0, 0.1) is 17.3 Å². The molecule has 6 heterocycles. The quantitative estimate of drug-likeness (QED) is 0.119. The van der Waals surface area contributed by atoms with E-state index in [1.807, 2.05) is 25.1 Å². The van der Waals surface area contributed by atoms with Crippen LogP contribution in [-0.2, 0) is 52.8 Å². The average Bonchev–Trinajstić information content (AvgIpc) is 3.68. The minimum Gasteiger partial charge on any atom is -0.508 e. The monoisotopic (exact) mass is 945 g/mol. The summed E-state index contributed by atoms with van der Waals surface area (Å²) in [5.41, 5.74) is 9.68. The molecule has 2 aromatic heterocycles. The van der Waals surface area contributed by atoms with Gasteiger partial charge in [-0.2, -0.15) is 0 Å². The fraction of sp³-hybridized carbons (Fsp3) is 0.547. The number of hydrogen-bond donors (Lipinski definition) is 4. The molecule has 4 amide bonds. The van der Waals surface area contributed by atoms with Crippen LogP contribution < -0.4 is 16.1 Å². The minimum absolute atomic E-state index is 0.00533. The van der Waals surface area contributed by atoms with E-state index in [1.165, 1.54) is 5.01 Å². The van der Waals surface area contributed by atoms with Crippen molar-refractivity contribution in [1.82, 2.24) is 40.4 Å². The number of ether oxygens (including phenoxy) is 2. The van der Waals surface area contributed by atoms with E-state index in [0.717, 1.165) is 70.2 Å². The minimum atomic E-state index is -1.14. The first-order valence-corrected chi connectivity index (χ1v) is 24.9. The fourth-order valence-electron chi connectivity index (χ4n) is 11.3. The van der Waals surface area contributed by atoms with Crippen LogP contribution in [0.5, 0.6) is 5.75 Å². The molecule has 6 atom stereocenters. The van der Waals surface area contributed by atoms with Crippen LogP contribution in [0.15, 0.2) is 54.7 Å². The normalized spacial score (nSPS) is 23.9. The van der Waals surface area contributed by atoms with Crippen LogP contribution in [0.25, 0.3) is 33.3 Å². The highest BCUT2D eigenvalue weighted by molar-refractivity contribution is 5.96. The summed E-state index contributed by atoms with van der Waals surface area (Å²) in [7, 11) is 3.35. The molecule has 3 saturated heterocycles. The molecule has 4 N–H and O–H groups in total. The number of carbonyl (C=O) groups is 5. The molecule has 16 heteroatoms. The Morgan fingerprint density at radius 2 is 1.81 bits per heavy atom. The number of aromatic hydroxyl groups is 1. The summed E-state index contributed by atoms with van der Waals surface area (Å²) in [6.07, 6.45) is 6.91. The van der Waals surface area contributed by atoms with Crippen molar-refractivity contribution >= 4 is 40.5 Å². The van der Waals surface area contributed by atoms with Gasteiger partial charge in [0.15, 0.2) is 0 Å². The Morgan fingerprint density at radius 1 is 1.03 bits per heavy atom. The molecule has 2 aromatic carbocycles. The predicted octanol–water partition coefficient (Wildman–Crippen LogP) is 5.29. The maximum atomic E-state index is 14.9. The highest BCUT2D eigenvalue weighted by Gasteiger charge is 2.44. The first-order valence-electron chi connectivity index (χ1n) is 24.9. The summed E-state index contributed by atoms with van der Waals surface area (Å²) in [6.45, 7) is 10.8. The lowest BCUT2D eigenvalue weighted by Crippen LogP contribution is -2.62. The number of carbonyl (C=O) groups excluding carboxylic acids is 5. The van der Waals surface area contributed by atoms with Gasteiger partial charge in [-0.3, -0.25) is 34.0 Å². The summed E-state index contributed by atoms with van der Waals surface area (Å²) < 4.78 is 14.3. The van der Waals surface area contributed by atoms with E-state index in [2.05, 4.69) is 59.6 Å². The number of aryl methyl sites for hydroxylation is 1. The van der Waals surface area contributed by atoms with Crippen LogP contribution in [0.2, 0.25) is 0 Å². The van der Waals surface area contributed by atoms with Gasteiger partial charge in [-0.25, -0.2) is 5.43 Å². The standard InChI is InChI=1S/C53H68N8O8/c1-7-60-44-17-16-34-26-39(44)40(47(60)38-14-10-19-54-45(38)31(2)68-6)27-53(3,4)30-69-52(67)41-15-11-20-61(57-41)51(66)42(24-32-22-36(34)25-37(62)23-32)56-48(63)46(33-12-8-9-13-33)58(5)49(64)35-18-21-59(29-35)50(65)43-28-55-43/h10,14,16-17,19,22-23,25-26,31,33,35,41-43,46,55,57,62H,7-9,11-13,15,18,20-21,24,27-30H2,1-6H3,(H,56,63)/t31-,35-,41-,42-,43+,46-/m0/s1. The SMILES string of the molecule is CCn1c(-c2cccnc2[C@H](C)OC)c2c3cc(ccc31)-c1cc(O)cc(c1)C[C@H](NC(=O)[C@H](C1CCCC1)N(C)C(=O)[C@H]1CCN(C(=O)[C@H]3CN3)C1)C(=O)N1CCC[C@H](N1)C(=O)OCC(C)(C)C2. The Balaban J connectivity index is 1.10. The maximum absolute atomic E-state index is 14.9. The Hall–Kier alpha value is -5.84. The van der Waals surface area contributed by atoms with Gasteiger partial charge in [-0.05, 0) is 117 Å². The number of hydrogen-bond acceptors (Lipinski definition) is 11. The van der Waals surface area contributed by atoms with Crippen LogP contribution >= 0.6 is 0 Å². The summed E-state index contributed by atoms with van der Waals surface area (Å²) in [5.74, 6) is -2.09. The molecule has 4 aromatic rings. The van der Waals surface area contributed by atoms with E-state index >= 15 is 0 Å². The molecule has 4 aliphatic heterocycles. The van der Waals surface area contributed by atoms with Gasteiger partial charge in [-0.1, -0.05) is 38.8 Å². The van der Waals surface area contributed by atoms with Crippen molar-refractivity contribution in [3.05, 3.63) is 71.5 Å². The largest absolute Gasteiger partial charge is 0.508 e. The molecule has 4 fully saturated rings. The van der Waals surface area contributed by atoms with Crippen molar-refractivity contribution in [1.29, 1.82) is 0 Å². The number of nitrogens with zero attached hydrogens (tertiary/aromatic N) is 5. The number of phenolic OH excluding ortho intramolecular Hbond substituents is 1. The van der Waals surface area contributed by atoms with E-state index in [4.69, 9.17) is 14.5 Å². The number of fused-ring (bicyclic) bond motifs is 6. The smallest absolute Gasteiger partial charge is 0.324 e. The summed E-state index contributed by atoms with van der Waals surface area (Å²) in [6, 6.07) is 12.6. The molecule has 0 spiro atoms. The van der Waals surface area contributed by atoms with Crippen molar-refractivity contribution in [2.24, 2.45) is 17.3 Å². The molecular formula is C53H68N8O8. The Bertz CT molecular complexity index is 2620. The molecule has 368 valence electrons. The number of pyridine rings is 1. The molecule has 16 nitrogen and oxygen atoms in total. The fourth-order valence-corrected chi connectivity index (χ4v) is 11.3. The molecule has 1 saturated carbocycles. The highest BCUT2D eigenvalue weighted by Crippen LogP contribution is 2.42. The number of esters is 1. The molecule has 5 aliphatic rings. The van der Waals surface area contributed by atoms with Crippen LogP contribution in [0.1, 0.15) is 95.6 Å². The number of rotatable bonds is 10. The molecule has 9 rings (SSSR count). The van der Waals surface area contributed by atoms with Crippen LogP contribution in [-0.4, -0.2) is 130 Å². The number of methoxy groups -OCH3 is 1. The van der Waals surface area contributed by atoms with Crippen LogP contribution in [0.4, 0.5) is 0 Å². The lowest BCUT2D eigenvalue weighted by Gasteiger charge is -2.37. The van der Waals surface area contributed by atoms with E-state index < -0.39 is 47.2 Å². The Morgan fingerprint density at radius 3 is 2.55 bits per heavy atom. The summed E-state index contributed by atoms with van der Waals surface area (Å²) in [4.78, 5) is 79.1. The third kappa shape index (κ3) is 9.98. The number of nitrogens with one attached hydrogen (secondary N) is 3. The van der Waals surface area contributed by atoms with E-state index in [-0.39, 0.29) is 48.7 Å². The number of amides is 4. The second-order valence-corrected chi connectivity index (χ2v) is 20.7. The second kappa shape index (κ2) is 19.9. The summed E-state index contributed by atoms with van der Waals surface area (Å²) >= 11 is 0. The number of likely N-dealkylation sites (tertiary alicyclic amines) is 1. The van der Waals surface area contributed by atoms with Gasteiger partial charge in [0, 0.05) is 81.4 Å². The van der Waals surface area contributed by atoms with Crippen molar-refractivity contribution in [2.75, 3.05) is 46.9 Å². The maximum Gasteiger partial charge on any atom is 0.324 e. The zero-order chi connectivity index (χ0) is 48.7. The first-order chi connectivity index (χ1) is 33.1. The number of phenols is 1. The molecule has 0 radical (unpaired) electrons. The first kappa shape index (κ1) is 48.2. The summed E-state index contributed by atoms with van der Waals surface area (Å²) in [5, 5.41) is 20.0. The zero-order valence-corrected chi connectivity index (χ0v) is 40.9. The lowest BCUT2D eigenvalue weighted by atomic mass is 9.84. The van der Waals surface area contributed by atoms with E-state index in [9.17, 15) is 29.1 Å². The number of hydrazine groups is 1. The van der Waals surface area contributed by atoms with E-state index in [0.29, 0.717) is 64.0 Å². The third-order valence-corrected chi connectivity index (χ3v) is 15.1. The third-order valence-electron chi connectivity index (χ3n) is 15.1. The van der Waals surface area contributed by atoms with Gasteiger partial charge in [-0.15, -0.1) is 0 Å². The molecular weight excluding hydrogens is 877 g/mol. The van der Waals surface area contributed by atoms with Gasteiger partial charge in [0.1, 0.15) is 23.9 Å². The number of benzene rings is 2. The van der Waals surface area contributed by atoms with Crippen molar-refractivity contribution < 1.29 is 38.6 Å². The molecule has 1 aliphatic carbocycles. The van der Waals surface area contributed by atoms with E-state index in [1.54, 1.807) is 42.3 Å². The molecule has 0 unspecified atom stereocenters. The number of aromatic nitrogens is 2. The Labute approximate surface area is 404 Å². The second-order valence-electron chi connectivity index (χ2n) is 20.7. The lowest BCUT2D eigenvalue weighted by molar-refractivity contribution is -0.155. The Kier molecular flexibility index (Phi) is 13.9. The highest BCUT2D eigenvalue weighted by atomic mass is 16.5. The van der Waals surface area contributed by atoms with Gasteiger partial charge in [0.2, 0.25) is 17.7 Å². The van der Waals surface area contributed by atoms with Gasteiger partial charge < -0.3 is 39.6 Å². The topological polar surface area (TPSA) is 198 Å². The van der Waals surface area contributed by atoms with Crippen LogP contribution in [0.3, 0.4) is 0 Å². The average molecular weight is 945 g/mol. The van der Waals surface area contributed by atoms with Gasteiger partial charge in [0.05, 0.1) is 36.1 Å². The van der Waals surface area contributed by atoms with Crippen molar-refractivity contribution in [3.63, 3.8) is 0 Å².